The van der Waals surface area contributed by atoms with E-state index >= 15 is 0 Å². The minimum atomic E-state index is 0.402. The second-order valence-corrected chi connectivity index (χ2v) is 3.95. The lowest BCUT2D eigenvalue weighted by Gasteiger charge is -2.27. The Bertz CT molecular complexity index is 298. The van der Waals surface area contributed by atoms with E-state index in [1.807, 2.05) is 18.2 Å². The summed E-state index contributed by atoms with van der Waals surface area (Å²) in [6.45, 7) is 8.43. The molecule has 0 saturated carbocycles. The van der Waals surface area contributed by atoms with Crippen LogP contribution in [-0.2, 0) is 6.54 Å². The van der Waals surface area contributed by atoms with Crippen molar-refractivity contribution in [2.24, 2.45) is 0 Å². The number of aromatic hydroxyl groups is 1. The van der Waals surface area contributed by atoms with Crippen molar-refractivity contribution in [2.45, 2.75) is 39.8 Å². The van der Waals surface area contributed by atoms with Crippen molar-refractivity contribution in [2.75, 3.05) is 6.54 Å². The highest BCUT2D eigenvalue weighted by atomic mass is 16.3. The maximum Gasteiger partial charge on any atom is 0.120 e. The molecule has 1 N–H and O–H groups in total. The van der Waals surface area contributed by atoms with E-state index in [0.29, 0.717) is 11.8 Å². The predicted molar refractivity (Wildman–Crippen MR) is 63.9 cm³/mol. The molecule has 1 atom stereocenters. The molecule has 0 radical (unpaired) electrons. The summed E-state index contributed by atoms with van der Waals surface area (Å²) in [4.78, 5) is 2.37. The van der Waals surface area contributed by atoms with Gasteiger partial charge in [0.15, 0.2) is 0 Å². The first-order chi connectivity index (χ1) is 7.19. The van der Waals surface area contributed by atoms with Crippen molar-refractivity contribution in [1.29, 1.82) is 0 Å². The van der Waals surface area contributed by atoms with Gasteiger partial charge >= 0.3 is 0 Å². The second-order valence-electron chi connectivity index (χ2n) is 3.95. The Balaban J connectivity index is 2.71. The van der Waals surface area contributed by atoms with E-state index in [1.54, 1.807) is 6.07 Å². The highest BCUT2D eigenvalue weighted by Crippen LogP contribution is 2.19. The highest BCUT2D eigenvalue weighted by Gasteiger charge is 2.11. The van der Waals surface area contributed by atoms with Gasteiger partial charge in [-0.1, -0.05) is 32.0 Å². The van der Waals surface area contributed by atoms with Crippen molar-refractivity contribution < 1.29 is 5.11 Å². The zero-order valence-corrected chi connectivity index (χ0v) is 9.90. The summed E-state index contributed by atoms with van der Waals surface area (Å²) in [6, 6.07) is 8.13. The zero-order valence-electron chi connectivity index (χ0n) is 9.90. The molecule has 0 heterocycles. The number of phenolic OH excluding ortho intramolecular Hbond substituents is 1. The number of nitrogens with zero attached hydrogens (tertiary/aromatic N) is 1. The minimum Gasteiger partial charge on any atom is -0.508 e. The lowest BCUT2D eigenvalue weighted by Crippen LogP contribution is -2.31. The molecule has 1 unspecified atom stereocenters. The average molecular weight is 207 g/mol. The Morgan fingerprint density at radius 2 is 1.93 bits per heavy atom. The van der Waals surface area contributed by atoms with Crippen LogP contribution < -0.4 is 0 Å². The van der Waals surface area contributed by atoms with Gasteiger partial charge in [-0.05, 0) is 26.0 Å². The lowest BCUT2D eigenvalue weighted by atomic mass is 10.1. The van der Waals surface area contributed by atoms with E-state index in [-0.39, 0.29) is 0 Å². The number of para-hydroxylation sites is 1. The molecule has 0 spiro atoms. The van der Waals surface area contributed by atoms with Crippen molar-refractivity contribution in [3.63, 3.8) is 0 Å². The van der Waals surface area contributed by atoms with Gasteiger partial charge < -0.3 is 5.11 Å². The van der Waals surface area contributed by atoms with E-state index in [4.69, 9.17) is 0 Å². The number of phenols is 1. The first-order valence-corrected chi connectivity index (χ1v) is 5.69. The zero-order chi connectivity index (χ0) is 11.3. The summed E-state index contributed by atoms with van der Waals surface area (Å²) in [5, 5.41) is 9.68. The van der Waals surface area contributed by atoms with Crippen molar-refractivity contribution >= 4 is 0 Å². The number of hydrogen-bond donors (Lipinski definition) is 1. The largest absolute Gasteiger partial charge is 0.508 e. The van der Waals surface area contributed by atoms with E-state index < -0.39 is 0 Å². The molecule has 1 rings (SSSR count). The molecule has 0 saturated heterocycles. The maximum atomic E-state index is 9.68. The second kappa shape index (κ2) is 5.76. The van der Waals surface area contributed by atoms with Crippen LogP contribution in [0.1, 0.15) is 32.8 Å². The van der Waals surface area contributed by atoms with E-state index in [9.17, 15) is 5.11 Å². The smallest absolute Gasteiger partial charge is 0.120 e. The summed E-state index contributed by atoms with van der Waals surface area (Å²) in [6.07, 6.45) is 1.14. The van der Waals surface area contributed by atoms with Crippen molar-refractivity contribution in [3.05, 3.63) is 29.8 Å². The van der Waals surface area contributed by atoms with Crippen molar-refractivity contribution in [3.8, 4) is 5.75 Å². The Hall–Kier alpha value is -1.02. The predicted octanol–water partition coefficient (Wildman–Crippen LogP) is 3.01. The van der Waals surface area contributed by atoms with Gasteiger partial charge in [-0.25, -0.2) is 0 Å². The van der Waals surface area contributed by atoms with E-state index in [1.165, 1.54) is 0 Å². The number of rotatable bonds is 5. The van der Waals surface area contributed by atoms with E-state index in [2.05, 4.69) is 25.7 Å². The fourth-order valence-corrected chi connectivity index (χ4v) is 1.70. The van der Waals surface area contributed by atoms with Crippen LogP contribution in [0.2, 0.25) is 0 Å². The fourth-order valence-electron chi connectivity index (χ4n) is 1.70. The molecule has 2 heteroatoms. The summed E-state index contributed by atoms with van der Waals surface area (Å²) in [5.74, 6) is 0.402. The third kappa shape index (κ3) is 3.24. The van der Waals surface area contributed by atoms with Crippen LogP contribution in [0.5, 0.6) is 5.75 Å². The van der Waals surface area contributed by atoms with Gasteiger partial charge in [0, 0.05) is 18.2 Å². The molecule has 1 aromatic carbocycles. The SMILES string of the molecule is CCC(C)N(CC)Cc1ccccc1O. The molecular weight excluding hydrogens is 186 g/mol. The molecule has 0 bridgehead atoms. The molecule has 0 aromatic heterocycles. The van der Waals surface area contributed by atoms with E-state index in [0.717, 1.165) is 25.1 Å². The summed E-state index contributed by atoms with van der Waals surface area (Å²) in [7, 11) is 0. The highest BCUT2D eigenvalue weighted by molar-refractivity contribution is 5.31. The van der Waals surface area contributed by atoms with Crippen LogP contribution in [-0.4, -0.2) is 22.6 Å². The van der Waals surface area contributed by atoms with Crippen LogP contribution >= 0.6 is 0 Å². The first kappa shape index (κ1) is 12.1. The van der Waals surface area contributed by atoms with Gasteiger partial charge in [-0.15, -0.1) is 0 Å². The molecule has 15 heavy (non-hydrogen) atoms. The third-order valence-electron chi connectivity index (χ3n) is 2.99. The Morgan fingerprint density at radius 1 is 1.27 bits per heavy atom. The maximum absolute atomic E-state index is 9.68. The quantitative estimate of drug-likeness (QED) is 0.802. The van der Waals surface area contributed by atoms with Crippen LogP contribution in [0.3, 0.4) is 0 Å². The molecule has 0 aliphatic heterocycles. The average Bonchev–Trinajstić information content (AvgIpc) is 2.27. The van der Waals surface area contributed by atoms with Gasteiger partial charge in [0.1, 0.15) is 5.75 Å². The monoisotopic (exact) mass is 207 g/mol. The Labute approximate surface area is 92.5 Å². The molecular formula is C13H21NO. The standard InChI is InChI=1S/C13H21NO/c1-4-11(3)14(5-2)10-12-8-6-7-9-13(12)15/h6-9,11,15H,4-5,10H2,1-3H3. The summed E-state index contributed by atoms with van der Waals surface area (Å²) in [5.41, 5.74) is 1.01. The van der Waals surface area contributed by atoms with Gasteiger partial charge in [0.25, 0.3) is 0 Å². The van der Waals surface area contributed by atoms with Gasteiger partial charge in [-0.2, -0.15) is 0 Å². The lowest BCUT2D eigenvalue weighted by molar-refractivity contribution is 0.204. The molecule has 84 valence electrons. The topological polar surface area (TPSA) is 23.5 Å². The molecule has 0 aliphatic rings. The molecule has 2 nitrogen and oxygen atoms in total. The molecule has 0 aliphatic carbocycles. The Morgan fingerprint density at radius 3 is 2.47 bits per heavy atom. The minimum absolute atomic E-state index is 0.402. The summed E-state index contributed by atoms with van der Waals surface area (Å²) >= 11 is 0. The Kier molecular flexibility index (Phi) is 4.63. The van der Waals surface area contributed by atoms with Crippen LogP contribution in [0, 0.1) is 0 Å². The summed E-state index contributed by atoms with van der Waals surface area (Å²) < 4.78 is 0. The van der Waals surface area contributed by atoms with Crippen LogP contribution in [0.4, 0.5) is 0 Å². The van der Waals surface area contributed by atoms with Gasteiger partial charge in [-0.3, -0.25) is 4.90 Å². The number of benzene rings is 1. The van der Waals surface area contributed by atoms with Crippen LogP contribution in [0.25, 0.3) is 0 Å². The molecule has 1 aromatic rings. The van der Waals surface area contributed by atoms with Crippen molar-refractivity contribution in [1.82, 2.24) is 4.90 Å². The van der Waals surface area contributed by atoms with Crippen LogP contribution in [0.15, 0.2) is 24.3 Å². The molecule has 0 amide bonds. The molecule has 0 fully saturated rings. The fraction of sp³-hybridized carbons (Fsp3) is 0.538. The van der Waals surface area contributed by atoms with Gasteiger partial charge in [0.05, 0.1) is 0 Å². The van der Waals surface area contributed by atoms with Gasteiger partial charge in [0.2, 0.25) is 0 Å². The normalized spacial score (nSPS) is 13.1. The first-order valence-electron chi connectivity index (χ1n) is 5.69. The number of hydrogen-bond acceptors (Lipinski definition) is 2. The third-order valence-corrected chi connectivity index (χ3v) is 2.99.